The maximum Gasteiger partial charge on any atom is 0.244 e. The fourth-order valence-corrected chi connectivity index (χ4v) is 2.72. The fraction of sp³-hybridized carbons (Fsp3) is 0.562. The van der Waals surface area contributed by atoms with Crippen LogP contribution in [0.25, 0.3) is 0 Å². The Labute approximate surface area is 127 Å². The molecule has 1 atom stereocenters. The summed E-state index contributed by atoms with van der Waals surface area (Å²) in [5.74, 6) is 0.0524. The zero-order chi connectivity index (χ0) is 14.0. The second-order valence-electron chi connectivity index (χ2n) is 6.42. The number of nitrogens with two attached hydrogens (primary N) is 1. The highest BCUT2D eigenvalue weighted by molar-refractivity contribution is 5.85. The maximum absolute atomic E-state index is 12.5. The Morgan fingerprint density at radius 3 is 2.45 bits per heavy atom. The monoisotopic (exact) mass is 296 g/mol. The van der Waals surface area contributed by atoms with Crippen LogP contribution in [-0.4, -0.2) is 23.9 Å². The topological polar surface area (TPSA) is 46.3 Å². The molecule has 1 aliphatic rings. The van der Waals surface area contributed by atoms with E-state index in [1.165, 1.54) is 12.0 Å². The van der Waals surface area contributed by atoms with Crippen molar-refractivity contribution in [2.24, 2.45) is 11.1 Å². The van der Waals surface area contributed by atoms with Gasteiger partial charge in [-0.05, 0) is 30.7 Å². The Balaban J connectivity index is 0.00000200. The van der Waals surface area contributed by atoms with E-state index in [0.717, 1.165) is 25.1 Å². The first-order valence-electron chi connectivity index (χ1n) is 7.00. The lowest BCUT2D eigenvalue weighted by Gasteiger charge is -2.39. The average Bonchev–Trinajstić information content (AvgIpc) is 2.37. The first-order valence-corrected chi connectivity index (χ1v) is 7.00. The Hall–Kier alpha value is -1.06. The predicted molar refractivity (Wildman–Crippen MR) is 85.0 cm³/mol. The van der Waals surface area contributed by atoms with Crippen molar-refractivity contribution in [2.75, 3.05) is 13.1 Å². The normalized spacial score (nSPS) is 19.1. The second-order valence-corrected chi connectivity index (χ2v) is 6.42. The van der Waals surface area contributed by atoms with Crippen LogP contribution in [0.1, 0.15) is 43.9 Å². The lowest BCUT2D eigenvalue weighted by atomic mass is 9.84. The molecule has 0 aliphatic carbocycles. The van der Waals surface area contributed by atoms with E-state index in [1.54, 1.807) is 0 Å². The summed E-state index contributed by atoms with van der Waals surface area (Å²) < 4.78 is 0. The van der Waals surface area contributed by atoms with E-state index in [4.69, 9.17) is 5.73 Å². The van der Waals surface area contributed by atoms with Gasteiger partial charge >= 0.3 is 0 Å². The summed E-state index contributed by atoms with van der Waals surface area (Å²) in [5, 5.41) is 0. The van der Waals surface area contributed by atoms with Crippen molar-refractivity contribution >= 4 is 18.3 Å². The van der Waals surface area contributed by atoms with Crippen LogP contribution in [-0.2, 0) is 4.79 Å². The van der Waals surface area contributed by atoms with Crippen LogP contribution in [0.5, 0.6) is 0 Å². The van der Waals surface area contributed by atoms with Crippen molar-refractivity contribution < 1.29 is 4.79 Å². The molecule has 1 aliphatic heterocycles. The standard InChI is InChI=1S/C16H24N2O.ClH/c1-12-5-7-13(8-6-12)14(17)15(19)18-10-4-9-16(2,3)11-18;/h5-8,14H,4,9-11,17H2,1-3H3;1H. The summed E-state index contributed by atoms with van der Waals surface area (Å²) in [6.07, 6.45) is 2.25. The molecular formula is C16H25ClN2O. The van der Waals surface area contributed by atoms with Gasteiger partial charge in [-0.2, -0.15) is 0 Å². The Kier molecular flexibility index (Phi) is 5.60. The van der Waals surface area contributed by atoms with Gasteiger partial charge in [0.05, 0.1) is 0 Å². The molecule has 2 rings (SSSR count). The van der Waals surface area contributed by atoms with Crippen LogP contribution in [0, 0.1) is 12.3 Å². The van der Waals surface area contributed by atoms with E-state index < -0.39 is 6.04 Å². The molecule has 20 heavy (non-hydrogen) atoms. The first-order chi connectivity index (χ1) is 8.89. The van der Waals surface area contributed by atoms with Crippen molar-refractivity contribution in [3.05, 3.63) is 35.4 Å². The summed E-state index contributed by atoms with van der Waals surface area (Å²) in [4.78, 5) is 14.4. The van der Waals surface area contributed by atoms with E-state index in [-0.39, 0.29) is 23.7 Å². The molecule has 1 aromatic rings. The van der Waals surface area contributed by atoms with Crippen LogP contribution in [0.3, 0.4) is 0 Å². The molecular weight excluding hydrogens is 272 g/mol. The van der Waals surface area contributed by atoms with Gasteiger partial charge in [0.25, 0.3) is 0 Å². The minimum atomic E-state index is -0.533. The van der Waals surface area contributed by atoms with E-state index in [9.17, 15) is 4.79 Å². The number of amides is 1. The molecule has 0 aromatic heterocycles. The molecule has 1 aromatic carbocycles. The first kappa shape index (κ1) is 17.0. The predicted octanol–water partition coefficient (Wildman–Crippen LogP) is 3.07. The zero-order valence-electron chi connectivity index (χ0n) is 12.6. The molecule has 3 nitrogen and oxygen atoms in total. The van der Waals surface area contributed by atoms with E-state index in [0.29, 0.717) is 0 Å². The largest absolute Gasteiger partial charge is 0.341 e. The number of carbonyl (C=O) groups is 1. The number of carbonyl (C=O) groups excluding carboxylic acids is 1. The van der Waals surface area contributed by atoms with E-state index in [2.05, 4.69) is 13.8 Å². The molecule has 0 spiro atoms. The number of benzene rings is 1. The van der Waals surface area contributed by atoms with Crippen LogP contribution in [0.4, 0.5) is 0 Å². The Bertz CT molecular complexity index is 456. The van der Waals surface area contributed by atoms with Gasteiger partial charge in [0.1, 0.15) is 6.04 Å². The summed E-state index contributed by atoms with van der Waals surface area (Å²) in [6.45, 7) is 8.10. The summed E-state index contributed by atoms with van der Waals surface area (Å²) in [7, 11) is 0. The van der Waals surface area contributed by atoms with Gasteiger partial charge in [0.15, 0.2) is 0 Å². The fourth-order valence-electron chi connectivity index (χ4n) is 2.72. The van der Waals surface area contributed by atoms with Crippen molar-refractivity contribution in [3.8, 4) is 0 Å². The minimum absolute atomic E-state index is 0. The van der Waals surface area contributed by atoms with Gasteiger partial charge in [-0.25, -0.2) is 0 Å². The van der Waals surface area contributed by atoms with Gasteiger partial charge in [-0.15, -0.1) is 12.4 Å². The molecule has 1 amide bonds. The molecule has 4 heteroatoms. The average molecular weight is 297 g/mol. The summed E-state index contributed by atoms with van der Waals surface area (Å²) in [5.41, 5.74) is 8.41. The molecule has 1 saturated heterocycles. The maximum atomic E-state index is 12.5. The van der Waals surface area contributed by atoms with Crippen molar-refractivity contribution in [1.29, 1.82) is 0 Å². The molecule has 1 unspecified atom stereocenters. The third kappa shape index (κ3) is 3.97. The lowest BCUT2D eigenvalue weighted by Crippen LogP contribution is -2.47. The number of rotatable bonds is 2. The van der Waals surface area contributed by atoms with Crippen molar-refractivity contribution in [1.82, 2.24) is 4.90 Å². The highest BCUT2D eigenvalue weighted by atomic mass is 35.5. The molecule has 112 valence electrons. The summed E-state index contributed by atoms with van der Waals surface area (Å²) in [6, 6.07) is 7.38. The number of aryl methyl sites for hydroxylation is 1. The highest BCUT2D eigenvalue weighted by Gasteiger charge is 2.31. The van der Waals surface area contributed by atoms with Crippen LogP contribution >= 0.6 is 12.4 Å². The van der Waals surface area contributed by atoms with Crippen LogP contribution < -0.4 is 5.73 Å². The molecule has 0 saturated carbocycles. The quantitative estimate of drug-likeness (QED) is 0.912. The zero-order valence-corrected chi connectivity index (χ0v) is 13.4. The van der Waals surface area contributed by atoms with Gasteiger partial charge < -0.3 is 10.6 Å². The Morgan fingerprint density at radius 2 is 1.90 bits per heavy atom. The lowest BCUT2D eigenvalue weighted by molar-refractivity contribution is -0.135. The van der Waals surface area contributed by atoms with E-state index >= 15 is 0 Å². The number of halogens is 1. The SMILES string of the molecule is Cc1ccc(C(N)C(=O)N2CCCC(C)(C)C2)cc1.Cl. The number of nitrogens with zero attached hydrogens (tertiary/aromatic N) is 1. The van der Waals surface area contributed by atoms with Crippen LogP contribution in [0.15, 0.2) is 24.3 Å². The smallest absolute Gasteiger partial charge is 0.244 e. The van der Waals surface area contributed by atoms with Gasteiger partial charge in [-0.3, -0.25) is 4.79 Å². The third-order valence-electron chi connectivity index (χ3n) is 3.91. The van der Waals surface area contributed by atoms with Gasteiger partial charge in [0.2, 0.25) is 5.91 Å². The molecule has 1 fully saturated rings. The third-order valence-corrected chi connectivity index (χ3v) is 3.91. The molecule has 0 bridgehead atoms. The van der Waals surface area contributed by atoms with Gasteiger partial charge in [-0.1, -0.05) is 43.7 Å². The number of piperidine rings is 1. The number of likely N-dealkylation sites (tertiary alicyclic amines) is 1. The molecule has 1 heterocycles. The molecule has 2 N–H and O–H groups in total. The second kappa shape index (κ2) is 6.59. The van der Waals surface area contributed by atoms with Crippen molar-refractivity contribution in [2.45, 2.75) is 39.7 Å². The molecule has 0 radical (unpaired) electrons. The number of hydrogen-bond acceptors (Lipinski definition) is 2. The summed E-state index contributed by atoms with van der Waals surface area (Å²) >= 11 is 0. The van der Waals surface area contributed by atoms with Crippen LogP contribution in [0.2, 0.25) is 0 Å². The Morgan fingerprint density at radius 1 is 1.30 bits per heavy atom. The number of hydrogen-bond donors (Lipinski definition) is 1. The van der Waals surface area contributed by atoms with Gasteiger partial charge in [0, 0.05) is 13.1 Å². The van der Waals surface area contributed by atoms with E-state index in [1.807, 2.05) is 36.1 Å². The minimum Gasteiger partial charge on any atom is -0.341 e. The van der Waals surface area contributed by atoms with Crippen molar-refractivity contribution in [3.63, 3.8) is 0 Å². The highest BCUT2D eigenvalue weighted by Crippen LogP contribution is 2.29.